The Morgan fingerprint density at radius 2 is 1.72 bits per heavy atom. The molecule has 0 aromatic heterocycles. The molecular weight excluding hydrogens is 266 g/mol. The second-order valence-corrected chi connectivity index (χ2v) is 3.25. The van der Waals surface area contributed by atoms with Gasteiger partial charge in [-0.05, 0) is 18.2 Å². The summed E-state index contributed by atoms with van der Waals surface area (Å²) in [4.78, 5) is 11.0. The van der Waals surface area contributed by atoms with Crippen molar-refractivity contribution in [1.29, 1.82) is 0 Å². The number of hydrogen-bond acceptors (Lipinski definition) is 2. The summed E-state index contributed by atoms with van der Waals surface area (Å²) in [6, 6.07) is 1.68. The summed E-state index contributed by atoms with van der Waals surface area (Å²) in [6.07, 6.45) is -6.03. The Bertz CT molecular complexity index is 466. The topological polar surface area (TPSA) is 26.3 Å². The fourth-order valence-corrected chi connectivity index (χ4v) is 1.12. The maximum atomic E-state index is 13.1. The second kappa shape index (κ2) is 4.51. The zero-order valence-corrected chi connectivity index (χ0v) is 8.82. The lowest BCUT2D eigenvalue weighted by atomic mass is 10.0. The number of benzene rings is 1. The molecule has 0 atom stereocenters. The SMILES string of the molecule is COc1ccc(C(=O)C(F)(F)C(F)(F)F)cc1F. The van der Waals surface area contributed by atoms with Crippen LogP contribution < -0.4 is 4.74 Å². The monoisotopic (exact) mass is 272 g/mol. The van der Waals surface area contributed by atoms with Gasteiger partial charge in [-0.2, -0.15) is 22.0 Å². The molecule has 0 aliphatic rings. The van der Waals surface area contributed by atoms with Crippen LogP contribution in [0.1, 0.15) is 10.4 Å². The van der Waals surface area contributed by atoms with Gasteiger partial charge in [-0.3, -0.25) is 4.79 Å². The summed E-state index contributed by atoms with van der Waals surface area (Å²) in [6.45, 7) is 0. The molecule has 2 nitrogen and oxygen atoms in total. The predicted octanol–water partition coefficient (Wildman–Crippen LogP) is 3.21. The zero-order valence-electron chi connectivity index (χ0n) is 8.82. The van der Waals surface area contributed by atoms with Crippen LogP contribution >= 0.6 is 0 Å². The Hall–Kier alpha value is -1.73. The summed E-state index contributed by atoms with van der Waals surface area (Å²) < 4.78 is 78.7. The Morgan fingerprint density at radius 3 is 2.11 bits per heavy atom. The summed E-state index contributed by atoms with van der Waals surface area (Å²) in [7, 11) is 1.07. The molecule has 1 rings (SSSR count). The lowest BCUT2D eigenvalue weighted by molar-refractivity contribution is -0.255. The van der Waals surface area contributed by atoms with Gasteiger partial charge >= 0.3 is 12.1 Å². The third kappa shape index (κ3) is 2.41. The van der Waals surface area contributed by atoms with Crippen molar-refractivity contribution in [1.82, 2.24) is 0 Å². The van der Waals surface area contributed by atoms with Gasteiger partial charge < -0.3 is 4.74 Å². The standard InChI is InChI=1S/C10H6F6O2/c1-18-7-3-2-5(4-6(7)11)8(17)9(12,13)10(14,15)16/h2-4H,1H3. The molecular formula is C10H6F6O2. The molecule has 1 aromatic rings. The number of ketones is 1. The highest BCUT2D eigenvalue weighted by molar-refractivity contribution is 6.02. The average Bonchev–Trinajstić information content (AvgIpc) is 2.26. The van der Waals surface area contributed by atoms with Crippen molar-refractivity contribution < 1.29 is 35.9 Å². The largest absolute Gasteiger partial charge is 0.494 e. The van der Waals surface area contributed by atoms with E-state index in [9.17, 15) is 31.1 Å². The van der Waals surface area contributed by atoms with Gasteiger partial charge in [-0.15, -0.1) is 0 Å². The molecule has 0 radical (unpaired) electrons. The van der Waals surface area contributed by atoms with Gasteiger partial charge in [-0.1, -0.05) is 0 Å². The lowest BCUT2D eigenvalue weighted by Gasteiger charge is -2.18. The van der Waals surface area contributed by atoms with E-state index in [0.717, 1.165) is 13.2 Å². The van der Waals surface area contributed by atoms with E-state index < -0.39 is 29.3 Å². The second-order valence-electron chi connectivity index (χ2n) is 3.25. The maximum Gasteiger partial charge on any atom is 0.461 e. The van der Waals surface area contributed by atoms with Gasteiger partial charge in [0.1, 0.15) is 0 Å². The molecule has 18 heavy (non-hydrogen) atoms. The molecule has 0 saturated heterocycles. The van der Waals surface area contributed by atoms with Crippen molar-refractivity contribution in [3.63, 3.8) is 0 Å². The van der Waals surface area contributed by atoms with Crippen molar-refractivity contribution >= 4 is 5.78 Å². The fraction of sp³-hybridized carbons (Fsp3) is 0.300. The van der Waals surface area contributed by atoms with Crippen LogP contribution in [-0.4, -0.2) is 25.0 Å². The number of carbonyl (C=O) groups excluding carboxylic acids is 1. The normalized spacial score (nSPS) is 12.4. The van der Waals surface area contributed by atoms with Crippen LogP contribution in [0.4, 0.5) is 26.3 Å². The molecule has 0 bridgehead atoms. The molecule has 1 aromatic carbocycles. The van der Waals surface area contributed by atoms with Gasteiger partial charge in [0.2, 0.25) is 5.78 Å². The molecule has 0 spiro atoms. The summed E-state index contributed by atoms with van der Waals surface area (Å²) in [5.74, 6) is -9.66. The van der Waals surface area contributed by atoms with Crippen molar-refractivity contribution in [3.8, 4) is 5.75 Å². The van der Waals surface area contributed by atoms with Gasteiger partial charge in [0.15, 0.2) is 11.6 Å². The van der Waals surface area contributed by atoms with Gasteiger partial charge in [0, 0.05) is 5.56 Å². The molecule has 0 aliphatic heterocycles. The highest BCUT2D eigenvalue weighted by Gasteiger charge is 2.63. The minimum atomic E-state index is -6.03. The van der Waals surface area contributed by atoms with Crippen LogP contribution in [0.5, 0.6) is 5.75 Å². The lowest BCUT2D eigenvalue weighted by Crippen LogP contribution is -2.44. The van der Waals surface area contributed by atoms with Crippen molar-refractivity contribution in [2.24, 2.45) is 0 Å². The van der Waals surface area contributed by atoms with E-state index in [1.54, 1.807) is 0 Å². The average molecular weight is 272 g/mol. The number of methoxy groups -OCH3 is 1. The molecule has 8 heteroatoms. The number of ether oxygens (including phenoxy) is 1. The molecule has 0 N–H and O–H groups in total. The first-order chi connectivity index (χ1) is 8.11. The van der Waals surface area contributed by atoms with Crippen LogP contribution in [0.2, 0.25) is 0 Å². The van der Waals surface area contributed by atoms with Crippen LogP contribution in [0.25, 0.3) is 0 Å². The number of alkyl halides is 5. The van der Waals surface area contributed by atoms with E-state index in [4.69, 9.17) is 0 Å². The number of rotatable bonds is 3. The molecule has 100 valence electrons. The summed E-state index contributed by atoms with van der Waals surface area (Å²) in [5.41, 5.74) is -1.09. The smallest absolute Gasteiger partial charge is 0.461 e. The summed E-state index contributed by atoms with van der Waals surface area (Å²) >= 11 is 0. The molecule has 0 unspecified atom stereocenters. The van der Waals surface area contributed by atoms with E-state index >= 15 is 0 Å². The number of carbonyl (C=O) groups is 1. The first kappa shape index (κ1) is 14.3. The predicted molar refractivity (Wildman–Crippen MR) is 48.3 cm³/mol. The number of Topliss-reactive ketones (excluding diaryl/α,β-unsaturated/α-hetero) is 1. The highest BCUT2D eigenvalue weighted by atomic mass is 19.4. The quantitative estimate of drug-likeness (QED) is 0.623. The van der Waals surface area contributed by atoms with Crippen molar-refractivity contribution in [3.05, 3.63) is 29.6 Å². The van der Waals surface area contributed by atoms with Crippen LogP contribution in [-0.2, 0) is 0 Å². The van der Waals surface area contributed by atoms with E-state index in [0.29, 0.717) is 6.07 Å². The van der Waals surface area contributed by atoms with Gasteiger partial charge in [-0.25, -0.2) is 4.39 Å². The Kier molecular flexibility index (Phi) is 3.59. The van der Waals surface area contributed by atoms with Crippen molar-refractivity contribution in [2.45, 2.75) is 12.1 Å². The molecule has 0 saturated carbocycles. The Labute approximate surface area is 97.2 Å². The minimum absolute atomic E-state index is 0.265. The summed E-state index contributed by atoms with van der Waals surface area (Å²) in [5, 5.41) is 0. The van der Waals surface area contributed by atoms with Gasteiger partial charge in [0.25, 0.3) is 0 Å². The fourth-order valence-electron chi connectivity index (χ4n) is 1.12. The molecule has 0 amide bonds. The van der Waals surface area contributed by atoms with E-state index in [1.807, 2.05) is 0 Å². The Balaban J connectivity index is 3.16. The van der Waals surface area contributed by atoms with Crippen LogP contribution in [0.15, 0.2) is 18.2 Å². The number of halogens is 6. The van der Waals surface area contributed by atoms with Crippen LogP contribution in [0.3, 0.4) is 0 Å². The maximum absolute atomic E-state index is 13.1. The van der Waals surface area contributed by atoms with E-state index in [-0.39, 0.29) is 11.8 Å². The third-order valence-corrected chi connectivity index (χ3v) is 2.06. The molecule has 0 fully saturated rings. The van der Waals surface area contributed by atoms with Crippen LogP contribution in [0, 0.1) is 5.82 Å². The highest BCUT2D eigenvalue weighted by Crippen LogP contribution is 2.38. The Morgan fingerprint density at radius 1 is 1.17 bits per heavy atom. The first-order valence-electron chi connectivity index (χ1n) is 4.44. The van der Waals surface area contributed by atoms with E-state index in [1.165, 1.54) is 0 Å². The van der Waals surface area contributed by atoms with Crippen molar-refractivity contribution in [2.75, 3.05) is 7.11 Å². The van der Waals surface area contributed by atoms with Gasteiger partial charge in [0.05, 0.1) is 7.11 Å². The number of hydrogen-bond donors (Lipinski definition) is 0. The molecule has 0 aliphatic carbocycles. The van der Waals surface area contributed by atoms with E-state index in [2.05, 4.69) is 4.74 Å². The minimum Gasteiger partial charge on any atom is -0.494 e. The third-order valence-electron chi connectivity index (χ3n) is 2.06. The molecule has 0 heterocycles. The zero-order chi connectivity index (χ0) is 14.1. The first-order valence-corrected chi connectivity index (χ1v) is 4.44.